The minimum atomic E-state index is 0. The highest BCUT2D eigenvalue weighted by Gasteiger charge is 2.42. The fourth-order valence-electron chi connectivity index (χ4n) is 3.95. The van der Waals surface area contributed by atoms with Gasteiger partial charge in [-0.1, -0.05) is 11.6 Å². The summed E-state index contributed by atoms with van der Waals surface area (Å²) in [5, 5.41) is 1.45. The van der Waals surface area contributed by atoms with Gasteiger partial charge in [0.25, 0.3) is 5.91 Å². The Hall–Kier alpha value is -1.07. The molecule has 4 nitrogen and oxygen atoms in total. The Morgan fingerprint density at radius 1 is 1.21 bits per heavy atom. The highest BCUT2D eigenvalue weighted by Crippen LogP contribution is 2.38. The maximum atomic E-state index is 12.9. The smallest absolute Gasteiger partial charge is 0.256 e. The second-order valence-corrected chi connectivity index (χ2v) is 6.78. The fourth-order valence-corrected chi connectivity index (χ4v) is 4.17. The Morgan fingerprint density at radius 2 is 2.00 bits per heavy atom. The van der Waals surface area contributed by atoms with Crippen LogP contribution < -0.4 is 5.73 Å². The second kappa shape index (κ2) is 7.44. The maximum absolute atomic E-state index is 12.9. The van der Waals surface area contributed by atoms with Gasteiger partial charge in [0.1, 0.15) is 0 Å². The van der Waals surface area contributed by atoms with Crippen LogP contribution in [0.15, 0.2) is 30.5 Å². The zero-order valence-electron chi connectivity index (χ0n) is 13.0. The van der Waals surface area contributed by atoms with Gasteiger partial charge in [0.2, 0.25) is 0 Å². The number of nitrogens with zero attached hydrogens (tertiary/aromatic N) is 2. The number of carbonyl (C=O) groups excluding carboxylic acids is 1. The Balaban J connectivity index is 0.00000104. The number of benzene rings is 1. The van der Waals surface area contributed by atoms with E-state index in [1.54, 1.807) is 18.3 Å². The number of halogens is 3. The lowest BCUT2D eigenvalue weighted by atomic mass is 9.98. The Morgan fingerprint density at radius 3 is 2.75 bits per heavy atom. The molecule has 130 valence electrons. The number of likely N-dealkylation sites (tertiary alicyclic amines) is 1. The molecule has 4 rings (SSSR count). The van der Waals surface area contributed by atoms with Gasteiger partial charge in [0.05, 0.1) is 16.1 Å². The molecule has 1 aliphatic carbocycles. The van der Waals surface area contributed by atoms with E-state index >= 15 is 0 Å². The van der Waals surface area contributed by atoms with Crippen molar-refractivity contribution in [2.24, 2.45) is 17.6 Å². The molecule has 24 heavy (non-hydrogen) atoms. The second-order valence-electron chi connectivity index (χ2n) is 6.37. The molecule has 1 aromatic carbocycles. The van der Waals surface area contributed by atoms with Gasteiger partial charge >= 0.3 is 0 Å². The van der Waals surface area contributed by atoms with Gasteiger partial charge in [-0.25, -0.2) is 0 Å². The van der Waals surface area contributed by atoms with Crippen LogP contribution >= 0.6 is 36.4 Å². The number of rotatable bonds is 1. The number of aromatic nitrogens is 1. The van der Waals surface area contributed by atoms with Crippen LogP contribution in [-0.4, -0.2) is 34.9 Å². The Kier molecular flexibility index (Phi) is 5.97. The largest absolute Gasteiger partial charge is 0.338 e. The summed E-state index contributed by atoms with van der Waals surface area (Å²) in [6.45, 7) is 1.58. The first-order valence-corrected chi connectivity index (χ1v) is 8.11. The third-order valence-electron chi connectivity index (χ3n) is 5.15. The SMILES string of the molecule is Cl.Cl.NC1CCC2CN(C(=O)c3ccc(Cl)c4cccnc34)CC12. The molecule has 0 spiro atoms. The van der Waals surface area contributed by atoms with Crippen LogP contribution in [0.4, 0.5) is 0 Å². The normalized spacial score (nSPS) is 25.1. The molecule has 7 heteroatoms. The van der Waals surface area contributed by atoms with Crippen molar-refractivity contribution in [1.29, 1.82) is 0 Å². The predicted octanol–water partition coefficient (Wildman–Crippen LogP) is 3.54. The van der Waals surface area contributed by atoms with E-state index in [1.807, 2.05) is 17.0 Å². The minimum absolute atomic E-state index is 0. The lowest BCUT2D eigenvalue weighted by Gasteiger charge is -2.19. The first-order chi connectivity index (χ1) is 10.6. The minimum Gasteiger partial charge on any atom is -0.338 e. The van der Waals surface area contributed by atoms with Gasteiger partial charge in [0.15, 0.2) is 0 Å². The summed E-state index contributed by atoms with van der Waals surface area (Å²) in [6, 6.07) is 7.54. The number of fused-ring (bicyclic) bond motifs is 2. The summed E-state index contributed by atoms with van der Waals surface area (Å²) in [5.41, 5.74) is 7.48. The molecular formula is C17H20Cl3N3O. The molecule has 3 unspecified atom stereocenters. The van der Waals surface area contributed by atoms with Crippen LogP contribution in [0.25, 0.3) is 10.9 Å². The van der Waals surface area contributed by atoms with Crippen molar-refractivity contribution in [3.63, 3.8) is 0 Å². The summed E-state index contributed by atoms with van der Waals surface area (Å²) in [6.07, 6.45) is 3.92. The zero-order valence-corrected chi connectivity index (χ0v) is 15.4. The third-order valence-corrected chi connectivity index (χ3v) is 5.48. The van der Waals surface area contributed by atoms with Crippen LogP contribution in [0.1, 0.15) is 23.2 Å². The van der Waals surface area contributed by atoms with Crippen molar-refractivity contribution < 1.29 is 4.79 Å². The standard InChI is InChI=1S/C17H18ClN3O.2ClH/c18-14-5-4-12(16-11(14)2-1-7-20-16)17(22)21-8-10-3-6-15(19)13(10)9-21;;/h1-2,4-5,7,10,13,15H,3,6,8-9,19H2;2*1H. The first kappa shape index (κ1) is 19.3. The van der Waals surface area contributed by atoms with E-state index in [0.717, 1.165) is 31.3 Å². The van der Waals surface area contributed by atoms with Crippen molar-refractivity contribution in [3.05, 3.63) is 41.0 Å². The van der Waals surface area contributed by atoms with Crippen LogP contribution in [0.3, 0.4) is 0 Å². The molecule has 0 radical (unpaired) electrons. The summed E-state index contributed by atoms with van der Waals surface area (Å²) < 4.78 is 0. The fraction of sp³-hybridized carbons (Fsp3) is 0.412. The van der Waals surface area contributed by atoms with Crippen LogP contribution in [-0.2, 0) is 0 Å². The van der Waals surface area contributed by atoms with E-state index < -0.39 is 0 Å². The van der Waals surface area contributed by atoms with Gasteiger partial charge in [-0.15, -0.1) is 24.8 Å². The summed E-state index contributed by atoms with van der Waals surface area (Å²) in [5.74, 6) is 1.06. The van der Waals surface area contributed by atoms with E-state index in [1.165, 1.54) is 0 Å². The molecular weight excluding hydrogens is 369 g/mol. The van der Waals surface area contributed by atoms with Crippen LogP contribution in [0, 0.1) is 11.8 Å². The van der Waals surface area contributed by atoms with E-state index in [4.69, 9.17) is 17.3 Å². The first-order valence-electron chi connectivity index (χ1n) is 7.73. The zero-order chi connectivity index (χ0) is 15.3. The van der Waals surface area contributed by atoms with E-state index in [2.05, 4.69) is 4.98 Å². The molecule has 0 bridgehead atoms. The average molecular weight is 389 g/mol. The summed E-state index contributed by atoms with van der Waals surface area (Å²) >= 11 is 6.21. The number of amides is 1. The summed E-state index contributed by atoms with van der Waals surface area (Å²) in [7, 11) is 0. The van der Waals surface area contributed by atoms with E-state index in [-0.39, 0.29) is 36.8 Å². The molecule has 1 aliphatic heterocycles. The number of hydrogen-bond acceptors (Lipinski definition) is 3. The molecule has 3 atom stereocenters. The van der Waals surface area contributed by atoms with Gasteiger partial charge in [-0.3, -0.25) is 9.78 Å². The third kappa shape index (κ3) is 3.08. The van der Waals surface area contributed by atoms with Crippen molar-refractivity contribution in [3.8, 4) is 0 Å². The quantitative estimate of drug-likeness (QED) is 0.813. The molecule has 2 N–H and O–H groups in total. The Bertz CT molecular complexity index is 755. The van der Waals surface area contributed by atoms with E-state index in [0.29, 0.717) is 27.9 Å². The van der Waals surface area contributed by atoms with Gasteiger partial charge in [0, 0.05) is 30.7 Å². The number of pyridine rings is 1. The molecule has 2 fully saturated rings. The molecule has 1 saturated heterocycles. The van der Waals surface area contributed by atoms with Gasteiger partial charge in [-0.05, 0) is 48.9 Å². The molecule has 2 aliphatic rings. The molecule has 1 amide bonds. The lowest BCUT2D eigenvalue weighted by molar-refractivity contribution is 0.0781. The maximum Gasteiger partial charge on any atom is 0.256 e. The van der Waals surface area contributed by atoms with Gasteiger partial charge < -0.3 is 10.6 Å². The van der Waals surface area contributed by atoms with Crippen molar-refractivity contribution in [1.82, 2.24) is 9.88 Å². The summed E-state index contributed by atoms with van der Waals surface area (Å²) in [4.78, 5) is 19.2. The molecule has 2 heterocycles. The van der Waals surface area contributed by atoms with E-state index in [9.17, 15) is 4.79 Å². The van der Waals surface area contributed by atoms with Crippen molar-refractivity contribution >= 4 is 53.2 Å². The number of carbonyl (C=O) groups is 1. The number of hydrogen-bond donors (Lipinski definition) is 1. The van der Waals surface area contributed by atoms with Crippen LogP contribution in [0.2, 0.25) is 5.02 Å². The highest BCUT2D eigenvalue weighted by molar-refractivity contribution is 6.36. The van der Waals surface area contributed by atoms with Crippen molar-refractivity contribution in [2.75, 3.05) is 13.1 Å². The topological polar surface area (TPSA) is 59.2 Å². The molecule has 2 aromatic rings. The predicted molar refractivity (Wildman–Crippen MR) is 101 cm³/mol. The molecule has 1 aromatic heterocycles. The monoisotopic (exact) mass is 387 g/mol. The van der Waals surface area contributed by atoms with Gasteiger partial charge in [-0.2, -0.15) is 0 Å². The average Bonchev–Trinajstić information content (AvgIpc) is 3.10. The lowest BCUT2D eigenvalue weighted by Crippen LogP contribution is -2.33. The molecule has 1 saturated carbocycles. The highest BCUT2D eigenvalue weighted by atomic mass is 35.5. The van der Waals surface area contributed by atoms with Crippen LogP contribution in [0.5, 0.6) is 0 Å². The number of nitrogens with two attached hydrogens (primary N) is 1. The Labute approximate surface area is 158 Å². The van der Waals surface area contributed by atoms with Crippen molar-refractivity contribution in [2.45, 2.75) is 18.9 Å².